The van der Waals surface area contributed by atoms with Gasteiger partial charge in [0, 0.05) is 12.1 Å². The van der Waals surface area contributed by atoms with E-state index in [2.05, 4.69) is 25.2 Å². The van der Waals surface area contributed by atoms with Crippen LogP contribution in [0.25, 0.3) is 0 Å². The van der Waals surface area contributed by atoms with Crippen LogP contribution in [0.3, 0.4) is 0 Å². The predicted molar refractivity (Wildman–Crippen MR) is 62.1 cm³/mol. The van der Waals surface area contributed by atoms with Crippen molar-refractivity contribution in [1.82, 2.24) is 0 Å². The monoisotopic (exact) mass is 203 g/mol. The Labute approximate surface area is 90.7 Å². The molecule has 1 aliphatic rings. The molecule has 0 atom stereocenters. The highest BCUT2D eigenvalue weighted by Crippen LogP contribution is 2.29. The van der Waals surface area contributed by atoms with Crippen LogP contribution < -0.4 is 5.32 Å². The van der Waals surface area contributed by atoms with Crippen molar-refractivity contribution < 1.29 is 4.79 Å². The zero-order chi connectivity index (χ0) is 10.8. The number of hydrogen-bond acceptors (Lipinski definition) is 1. The maximum atomic E-state index is 11.3. The van der Waals surface area contributed by atoms with Crippen molar-refractivity contribution in [2.24, 2.45) is 0 Å². The van der Waals surface area contributed by atoms with E-state index < -0.39 is 0 Å². The van der Waals surface area contributed by atoms with Crippen molar-refractivity contribution in [2.45, 2.75) is 39.5 Å². The van der Waals surface area contributed by atoms with Crippen LogP contribution >= 0.6 is 0 Å². The molecular weight excluding hydrogens is 186 g/mol. The molecular formula is C13H17NO. The molecule has 2 heteroatoms. The van der Waals surface area contributed by atoms with Crippen LogP contribution in [-0.2, 0) is 17.6 Å². The van der Waals surface area contributed by atoms with Gasteiger partial charge in [0.05, 0.1) is 0 Å². The minimum absolute atomic E-state index is 0.147. The van der Waals surface area contributed by atoms with Crippen molar-refractivity contribution >= 4 is 11.6 Å². The Bertz CT molecular complexity index is 396. The van der Waals surface area contributed by atoms with Gasteiger partial charge < -0.3 is 5.32 Å². The summed E-state index contributed by atoms with van der Waals surface area (Å²) in [5.74, 6) is 0.147. The summed E-state index contributed by atoms with van der Waals surface area (Å²) in [5, 5.41) is 2.95. The van der Waals surface area contributed by atoms with Gasteiger partial charge in [0.25, 0.3) is 0 Å². The van der Waals surface area contributed by atoms with E-state index in [0.29, 0.717) is 6.42 Å². The fraction of sp³-hybridized carbons (Fsp3) is 0.462. The first-order valence-corrected chi connectivity index (χ1v) is 5.63. The molecule has 0 radical (unpaired) electrons. The van der Waals surface area contributed by atoms with Gasteiger partial charge in [-0.25, -0.2) is 0 Å². The van der Waals surface area contributed by atoms with Crippen LogP contribution in [0.2, 0.25) is 0 Å². The lowest BCUT2D eigenvalue weighted by Crippen LogP contribution is -2.20. The molecule has 0 saturated heterocycles. The second-order valence-corrected chi connectivity index (χ2v) is 4.19. The fourth-order valence-corrected chi connectivity index (χ4v) is 2.26. The third-order valence-corrected chi connectivity index (χ3v) is 3.04. The molecule has 1 amide bonds. The third-order valence-electron chi connectivity index (χ3n) is 3.04. The van der Waals surface area contributed by atoms with Crippen molar-refractivity contribution in [1.29, 1.82) is 0 Å². The summed E-state index contributed by atoms with van der Waals surface area (Å²) in [4.78, 5) is 11.3. The predicted octanol–water partition coefficient (Wildman–Crippen LogP) is 2.83. The number of benzene rings is 1. The number of rotatable bonds is 2. The van der Waals surface area contributed by atoms with Gasteiger partial charge in [-0.05, 0) is 42.5 Å². The van der Waals surface area contributed by atoms with Crippen molar-refractivity contribution in [3.63, 3.8) is 0 Å². The van der Waals surface area contributed by atoms with Gasteiger partial charge >= 0.3 is 0 Å². The Kier molecular flexibility index (Phi) is 2.76. The molecule has 0 aliphatic carbocycles. The average molecular weight is 203 g/mol. The number of carbonyl (C=O) groups is 1. The van der Waals surface area contributed by atoms with Crippen LogP contribution in [0.15, 0.2) is 12.1 Å². The molecule has 0 spiro atoms. The van der Waals surface area contributed by atoms with E-state index in [4.69, 9.17) is 0 Å². The molecule has 1 aliphatic heterocycles. The lowest BCUT2D eigenvalue weighted by Gasteiger charge is -2.21. The molecule has 1 aromatic rings. The highest BCUT2D eigenvalue weighted by Gasteiger charge is 2.18. The first-order chi connectivity index (χ1) is 7.22. The lowest BCUT2D eigenvalue weighted by molar-refractivity contribution is -0.116. The number of anilines is 1. The Hall–Kier alpha value is -1.31. The Balaban J connectivity index is 2.45. The standard InChI is InChI=1S/C13H17NO/c1-3-4-10-9(2)5-7-12-11(10)6-8-13(15)14-12/h5,7H,3-4,6,8H2,1-2H3,(H,14,15). The summed E-state index contributed by atoms with van der Waals surface area (Å²) in [5.41, 5.74) is 5.18. The number of amides is 1. The Morgan fingerprint density at radius 1 is 1.33 bits per heavy atom. The smallest absolute Gasteiger partial charge is 0.224 e. The molecule has 1 heterocycles. The summed E-state index contributed by atoms with van der Waals surface area (Å²) in [7, 11) is 0. The van der Waals surface area contributed by atoms with E-state index in [9.17, 15) is 4.79 Å². The van der Waals surface area contributed by atoms with Crippen LogP contribution in [0, 0.1) is 6.92 Å². The zero-order valence-corrected chi connectivity index (χ0v) is 9.39. The van der Waals surface area contributed by atoms with Crippen molar-refractivity contribution in [2.75, 3.05) is 5.32 Å². The molecule has 1 N–H and O–H groups in total. The van der Waals surface area contributed by atoms with Gasteiger partial charge in [0.1, 0.15) is 0 Å². The van der Waals surface area contributed by atoms with Crippen molar-refractivity contribution in [3.8, 4) is 0 Å². The molecule has 0 unspecified atom stereocenters. The molecule has 0 fully saturated rings. The Morgan fingerprint density at radius 3 is 2.87 bits per heavy atom. The van der Waals surface area contributed by atoms with E-state index in [1.165, 1.54) is 16.7 Å². The number of fused-ring (bicyclic) bond motifs is 1. The highest BCUT2D eigenvalue weighted by atomic mass is 16.1. The molecule has 2 rings (SSSR count). The van der Waals surface area contributed by atoms with E-state index >= 15 is 0 Å². The summed E-state index contributed by atoms with van der Waals surface area (Å²) in [6, 6.07) is 4.14. The molecule has 1 aromatic carbocycles. The van der Waals surface area contributed by atoms with Gasteiger partial charge in [0.15, 0.2) is 0 Å². The lowest BCUT2D eigenvalue weighted by atomic mass is 9.91. The maximum Gasteiger partial charge on any atom is 0.224 e. The summed E-state index contributed by atoms with van der Waals surface area (Å²) in [6.07, 6.45) is 3.81. The Morgan fingerprint density at radius 2 is 2.13 bits per heavy atom. The highest BCUT2D eigenvalue weighted by molar-refractivity contribution is 5.94. The number of nitrogens with one attached hydrogen (secondary N) is 1. The van der Waals surface area contributed by atoms with E-state index in [1.54, 1.807) is 0 Å². The SMILES string of the molecule is CCCc1c(C)ccc2c1CCC(=O)N2. The number of hydrogen-bond donors (Lipinski definition) is 1. The second kappa shape index (κ2) is 4.05. The van der Waals surface area contributed by atoms with Gasteiger partial charge in [-0.15, -0.1) is 0 Å². The van der Waals surface area contributed by atoms with E-state index in [1.807, 2.05) is 6.07 Å². The average Bonchev–Trinajstić information content (AvgIpc) is 2.22. The molecule has 15 heavy (non-hydrogen) atoms. The van der Waals surface area contributed by atoms with Crippen LogP contribution in [0.4, 0.5) is 5.69 Å². The minimum Gasteiger partial charge on any atom is -0.326 e. The van der Waals surface area contributed by atoms with Crippen LogP contribution in [0.5, 0.6) is 0 Å². The van der Waals surface area contributed by atoms with Gasteiger partial charge in [0.2, 0.25) is 5.91 Å². The second-order valence-electron chi connectivity index (χ2n) is 4.19. The largest absolute Gasteiger partial charge is 0.326 e. The minimum atomic E-state index is 0.147. The summed E-state index contributed by atoms with van der Waals surface area (Å²) < 4.78 is 0. The first kappa shape index (κ1) is 10.2. The fourth-order valence-electron chi connectivity index (χ4n) is 2.26. The molecule has 0 saturated carbocycles. The quantitative estimate of drug-likeness (QED) is 0.786. The summed E-state index contributed by atoms with van der Waals surface area (Å²) in [6.45, 7) is 4.35. The number of aryl methyl sites for hydroxylation is 1. The van der Waals surface area contributed by atoms with Gasteiger partial charge in [-0.2, -0.15) is 0 Å². The molecule has 80 valence electrons. The zero-order valence-electron chi connectivity index (χ0n) is 9.39. The van der Waals surface area contributed by atoms with Gasteiger partial charge in [-0.1, -0.05) is 19.4 Å². The van der Waals surface area contributed by atoms with Crippen LogP contribution in [0.1, 0.15) is 36.5 Å². The topological polar surface area (TPSA) is 29.1 Å². The van der Waals surface area contributed by atoms with Gasteiger partial charge in [-0.3, -0.25) is 4.79 Å². The number of carbonyl (C=O) groups excluding carboxylic acids is 1. The molecule has 0 bridgehead atoms. The normalized spacial score (nSPS) is 14.7. The molecule has 2 nitrogen and oxygen atoms in total. The maximum absolute atomic E-state index is 11.3. The van der Waals surface area contributed by atoms with E-state index in [0.717, 1.165) is 24.9 Å². The van der Waals surface area contributed by atoms with Crippen molar-refractivity contribution in [3.05, 3.63) is 28.8 Å². The summed E-state index contributed by atoms with van der Waals surface area (Å²) >= 11 is 0. The van der Waals surface area contributed by atoms with E-state index in [-0.39, 0.29) is 5.91 Å². The van der Waals surface area contributed by atoms with Crippen LogP contribution in [-0.4, -0.2) is 5.91 Å². The first-order valence-electron chi connectivity index (χ1n) is 5.63. The molecule has 0 aromatic heterocycles. The third kappa shape index (κ3) is 1.89.